The van der Waals surface area contributed by atoms with Crippen molar-refractivity contribution in [1.29, 1.82) is 0 Å². The molecule has 8 nitrogen and oxygen atoms in total. The van der Waals surface area contributed by atoms with E-state index >= 15 is 0 Å². The second-order valence-electron chi connectivity index (χ2n) is 7.83. The lowest BCUT2D eigenvalue weighted by atomic mass is 9.65. The Morgan fingerprint density at radius 1 is 1.21 bits per heavy atom. The van der Waals surface area contributed by atoms with Crippen LogP contribution in [0.15, 0.2) is 12.1 Å². The molecule has 0 radical (unpaired) electrons. The summed E-state index contributed by atoms with van der Waals surface area (Å²) >= 11 is 0. The molecule has 0 heterocycles. The Morgan fingerprint density at radius 2 is 1.79 bits per heavy atom. The maximum Gasteiger partial charge on any atom is 0.276 e. The Hall–Kier alpha value is -2.06. The fourth-order valence-electron chi connectivity index (χ4n) is 4.75. The van der Waals surface area contributed by atoms with Crippen LogP contribution in [0.4, 0.5) is 5.69 Å². The van der Waals surface area contributed by atoms with Crippen molar-refractivity contribution in [2.45, 2.75) is 44.6 Å². The SMILES string of the molecule is COc1cc(CCNC(=O)C2CC3CCCC(C2)C3N)c([N+](=O)[O-])cc1OC.Cl. The topological polar surface area (TPSA) is 117 Å². The van der Waals surface area contributed by atoms with E-state index < -0.39 is 4.92 Å². The zero-order valence-electron chi connectivity index (χ0n) is 16.9. The van der Waals surface area contributed by atoms with Crippen molar-refractivity contribution < 1.29 is 19.2 Å². The quantitative estimate of drug-likeness (QED) is 0.510. The minimum atomic E-state index is -0.442. The van der Waals surface area contributed by atoms with E-state index in [1.165, 1.54) is 26.7 Å². The number of carbonyl (C=O) groups is 1. The number of nitrogens with zero attached hydrogens (tertiary/aromatic N) is 1. The molecule has 0 saturated heterocycles. The smallest absolute Gasteiger partial charge is 0.276 e. The molecule has 0 aromatic heterocycles. The normalized spacial score (nSPS) is 25.5. The molecule has 2 atom stereocenters. The minimum Gasteiger partial charge on any atom is -0.493 e. The summed E-state index contributed by atoms with van der Waals surface area (Å²) in [6.45, 7) is 0.340. The maximum absolute atomic E-state index is 12.6. The predicted molar refractivity (Wildman–Crippen MR) is 112 cm³/mol. The van der Waals surface area contributed by atoms with Crippen molar-refractivity contribution in [3.63, 3.8) is 0 Å². The van der Waals surface area contributed by atoms with Crippen molar-refractivity contribution in [1.82, 2.24) is 5.32 Å². The van der Waals surface area contributed by atoms with Gasteiger partial charge in [-0.1, -0.05) is 6.42 Å². The summed E-state index contributed by atoms with van der Waals surface area (Å²) in [5.74, 6) is 1.66. The van der Waals surface area contributed by atoms with Crippen LogP contribution in [-0.2, 0) is 11.2 Å². The van der Waals surface area contributed by atoms with Crippen LogP contribution in [0.1, 0.15) is 37.7 Å². The zero-order valence-corrected chi connectivity index (χ0v) is 17.7. The van der Waals surface area contributed by atoms with Crippen molar-refractivity contribution in [2.75, 3.05) is 20.8 Å². The highest BCUT2D eigenvalue weighted by Crippen LogP contribution is 2.42. The number of rotatable bonds is 7. The molecule has 0 aliphatic heterocycles. The number of hydrogen-bond donors (Lipinski definition) is 2. The van der Waals surface area contributed by atoms with Crippen LogP contribution in [0.5, 0.6) is 11.5 Å². The van der Waals surface area contributed by atoms with Crippen LogP contribution in [0.3, 0.4) is 0 Å². The lowest BCUT2D eigenvalue weighted by Gasteiger charge is -2.43. The van der Waals surface area contributed by atoms with E-state index in [0.717, 1.165) is 25.7 Å². The molecule has 2 fully saturated rings. The fourth-order valence-corrected chi connectivity index (χ4v) is 4.75. The molecule has 2 aliphatic carbocycles. The lowest BCUT2D eigenvalue weighted by Crippen LogP contribution is -2.49. The number of carbonyl (C=O) groups excluding carboxylic acids is 1. The molecule has 1 amide bonds. The second kappa shape index (κ2) is 10.1. The lowest BCUT2D eigenvalue weighted by molar-refractivity contribution is -0.385. The van der Waals surface area contributed by atoms with Gasteiger partial charge in [0.05, 0.1) is 25.2 Å². The predicted octanol–water partition coefficient (Wildman–Crippen LogP) is 2.85. The van der Waals surface area contributed by atoms with Crippen LogP contribution < -0.4 is 20.5 Å². The maximum atomic E-state index is 12.6. The Labute approximate surface area is 177 Å². The number of fused-ring (bicyclic) bond motifs is 2. The van der Waals surface area contributed by atoms with Crippen LogP contribution in [-0.4, -0.2) is 37.6 Å². The molecule has 1 aromatic rings. The number of ether oxygens (including phenoxy) is 2. The van der Waals surface area contributed by atoms with Crippen LogP contribution >= 0.6 is 12.4 Å². The fraction of sp³-hybridized carbons (Fsp3) is 0.650. The Morgan fingerprint density at radius 3 is 2.34 bits per heavy atom. The standard InChI is InChI=1S/C20H29N3O5.ClH/c1-27-17-10-12(16(23(25)26)11-18(17)28-2)6-7-22-20(24)15-8-13-4-3-5-14(9-15)19(13)21;/h10-11,13-15,19H,3-9,21H2,1-2H3,(H,22,24);1H. The van der Waals surface area contributed by atoms with Gasteiger partial charge >= 0.3 is 0 Å². The summed E-state index contributed by atoms with van der Waals surface area (Å²) in [6, 6.07) is 3.19. The van der Waals surface area contributed by atoms with E-state index in [1.807, 2.05) is 0 Å². The van der Waals surface area contributed by atoms with E-state index in [4.69, 9.17) is 15.2 Å². The molecule has 1 aromatic carbocycles. The summed E-state index contributed by atoms with van der Waals surface area (Å²) in [7, 11) is 2.92. The van der Waals surface area contributed by atoms with Crippen molar-refractivity contribution >= 4 is 24.0 Å². The first-order valence-electron chi connectivity index (χ1n) is 9.87. The van der Waals surface area contributed by atoms with Crippen LogP contribution in [0, 0.1) is 27.9 Å². The van der Waals surface area contributed by atoms with Gasteiger partial charge in [0.15, 0.2) is 11.5 Å². The summed E-state index contributed by atoms with van der Waals surface area (Å²) in [5, 5.41) is 14.3. The number of hydrogen-bond acceptors (Lipinski definition) is 6. The van der Waals surface area contributed by atoms with E-state index in [2.05, 4.69) is 5.32 Å². The third-order valence-electron chi connectivity index (χ3n) is 6.26. The molecule has 29 heavy (non-hydrogen) atoms. The van der Waals surface area contributed by atoms with Gasteiger partial charge in [0.1, 0.15) is 0 Å². The second-order valence-corrected chi connectivity index (χ2v) is 7.83. The van der Waals surface area contributed by atoms with Crippen LogP contribution in [0.2, 0.25) is 0 Å². The average Bonchev–Trinajstić information content (AvgIpc) is 2.66. The van der Waals surface area contributed by atoms with Gasteiger partial charge in [-0.2, -0.15) is 0 Å². The number of nitro benzene ring substituents is 1. The first-order chi connectivity index (χ1) is 13.4. The molecule has 2 unspecified atom stereocenters. The van der Waals surface area contributed by atoms with E-state index in [-0.39, 0.29) is 36.0 Å². The highest BCUT2D eigenvalue weighted by Gasteiger charge is 2.40. The molecule has 3 N–H and O–H groups in total. The molecular formula is C20H30ClN3O5. The Balaban J connectivity index is 0.00000300. The largest absolute Gasteiger partial charge is 0.493 e. The number of nitrogens with one attached hydrogen (secondary N) is 1. The average molecular weight is 428 g/mol. The molecular weight excluding hydrogens is 398 g/mol. The van der Waals surface area contributed by atoms with Gasteiger partial charge in [0.25, 0.3) is 5.69 Å². The monoisotopic (exact) mass is 427 g/mol. The first-order valence-corrected chi connectivity index (χ1v) is 9.87. The van der Waals surface area contributed by atoms with Crippen LogP contribution in [0.25, 0.3) is 0 Å². The molecule has 0 spiro atoms. The first kappa shape index (κ1) is 23.2. The Kier molecular flexibility index (Phi) is 8.10. The number of methoxy groups -OCH3 is 2. The van der Waals surface area contributed by atoms with E-state index in [1.54, 1.807) is 6.07 Å². The van der Waals surface area contributed by atoms with Gasteiger partial charge < -0.3 is 20.5 Å². The van der Waals surface area contributed by atoms with Crippen molar-refractivity contribution in [2.24, 2.45) is 23.5 Å². The number of amides is 1. The number of benzene rings is 1. The number of nitro groups is 1. The molecule has 3 rings (SSSR count). The van der Waals surface area contributed by atoms with Crippen molar-refractivity contribution in [3.8, 4) is 11.5 Å². The zero-order chi connectivity index (χ0) is 20.3. The molecule has 9 heteroatoms. The van der Waals surface area contributed by atoms with E-state index in [9.17, 15) is 14.9 Å². The van der Waals surface area contributed by atoms with Gasteiger partial charge in [-0.05, 0) is 50.0 Å². The molecule has 2 bridgehead atoms. The highest BCUT2D eigenvalue weighted by atomic mass is 35.5. The van der Waals surface area contributed by atoms with Crippen molar-refractivity contribution in [3.05, 3.63) is 27.8 Å². The minimum absolute atomic E-state index is 0. The third kappa shape index (κ3) is 5.11. The molecule has 2 aliphatic rings. The number of nitrogens with two attached hydrogens (primary N) is 1. The summed E-state index contributed by atoms with van der Waals surface area (Å²) < 4.78 is 10.4. The van der Waals surface area contributed by atoms with Gasteiger partial charge in [-0.15, -0.1) is 12.4 Å². The van der Waals surface area contributed by atoms with Gasteiger partial charge in [-0.3, -0.25) is 14.9 Å². The van der Waals surface area contributed by atoms with Gasteiger partial charge in [0, 0.05) is 24.1 Å². The summed E-state index contributed by atoms with van der Waals surface area (Å²) in [4.78, 5) is 23.6. The molecule has 2 saturated carbocycles. The van der Waals surface area contributed by atoms with E-state index in [0.29, 0.717) is 41.9 Å². The Bertz CT molecular complexity index is 731. The summed E-state index contributed by atoms with van der Waals surface area (Å²) in [5.41, 5.74) is 6.77. The molecule has 162 valence electrons. The highest BCUT2D eigenvalue weighted by molar-refractivity contribution is 5.85. The number of halogens is 1. The third-order valence-corrected chi connectivity index (χ3v) is 6.26. The van der Waals surface area contributed by atoms with Gasteiger partial charge in [-0.25, -0.2) is 0 Å². The van der Waals surface area contributed by atoms with Gasteiger partial charge in [0.2, 0.25) is 5.91 Å². The summed E-state index contributed by atoms with van der Waals surface area (Å²) in [6.07, 6.45) is 5.47.